The van der Waals surface area contributed by atoms with Gasteiger partial charge in [0.15, 0.2) is 0 Å². The van der Waals surface area contributed by atoms with Crippen molar-refractivity contribution in [3.8, 4) is 0 Å². The minimum Gasteiger partial charge on any atom is -0.391 e. The molecule has 2 atom stereocenters. The zero-order chi connectivity index (χ0) is 16.2. The van der Waals surface area contributed by atoms with Gasteiger partial charge in [-0.2, -0.15) is 0 Å². The summed E-state index contributed by atoms with van der Waals surface area (Å²) in [6.07, 6.45) is 4.90. The maximum absolute atomic E-state index is 12.1. The molecule has 1 saturated heterocycles. The lowest BCUT2D eigenvalue weighted by atomic mass is 10.0. The number of nitrogens with one attached hydrogen (secondary N) is 2. The highest BCUT2D eigenvalue weighted by Crippen LogP contribution is 2.26. The number of carbonyl (C=O) groups excluding carboxylic acids is 1. The van der Waals surface area contributed by atoms with Crippen LogP contribution in [-0.2, 0) is 0 Å². The third kappa shape index (κ3) is 4.24. The Morgan fingerprint density at radius 1 is 1.22 bits per heavy atom. The Bertz CT molecular complexity index is 541. The number of hydrogen-bond acceptors (Lipinski definition) is 3. The van der Waals surface area contributed by atoms with Gasteiger partial charge in [-0.25, -0.2) is 4.79 Å². The molecule has 1 heterocycles. The Morgan fingerprint density at radius 3 is 2.65 bits per heavy atom. The van der Waals surface area contributed by atoms with Crippen LogP contribution in [0.5, 0.6) is 0 Å². The maximum Gasteiger partial charge on any atom is 0.319 e. The van der Waals surface area contributed by atoms with Crippen molar-refractivity contribution in [3.63, 3.8) is 0 Å². The van der Waals surface area contributed by atoms with Crippen LogP contribution in [-0.4, -0.2) is 47.3 Å². The predicted molar refractivity (Wildman–Crippen MR) is 91.6 cm³/mol. The summed E-state index contributed by atoms with van der Waals surface area (Å²) >= 11 is 0. The molecule has 1 aliphatic heterocycles. The molecular weight excluding hydrogens is 290 g/mol. The molecule has 0 radical (unpaired) electrons. The Balaban J connectivity index is 1.44. The molecule has 2 fully saturated rings. The van der Waals surface area contributed by atoms with Crippen LogP contribution in [0.25, 0.3) is 0 Å². The Morgan fingerprint density at radius 2 is 2.00 bits per heavy atom. The monoisotopic (exact) mass is 317 g/mol. The molecule has 5 nitrogen and oxygen atoms in total. The van der Waals surface area contributed by atoms with E-state index in [2.05, 4.69) is 15.5 Å². The van der Waals surface area contributed by atoms with E-state index in [0.29, 0.717) is 6.04 Å². The number of urea groups is 1. The summed E-state index contributed by atoms with van der Waals surface area (Å²) in [6.45, 7) is 3.92. The van der Waals surface area contributed by atoms with Crippen molar-refractivity contribution in [1.29, 1.82) is 0 Å². The Labute approximate surface area is 138 Å². The van der Waals surface area contributed by atoms with Crippen molar-refractivity contribution in [1.82, 2.24) is 10.2 Å². The fourth-order valence-corrected chi connectivity index (χ4v) is 3.80. The van der Waals surface area contributed by atoms with Gasteiger partial charge in [-0.15, -0.1) is 0 Å². The number of aliphatic hydroxyl groups excluding tert-OH is 1. The maximum atomic E-state index is 12.1. The van der Waals surface area contributed by atoms with E-state index < -0.39 is 0 Å². The van der Waals surface area contributed by atoms with Gasteiger partial charge in [-0.3, -0.25) is 4.90 Å². The molecule has 0 spiro atoms. The number of likely N-dealkylation sites (tertiary alicyclic amines) is 1. The molecule has 1 aromatic rings. The normalized spacial score (nSPS) is 26.2. The number of hydrogen-bond donors (Lipinski definition) is 3. The van der Waals surface area contributed by atoms with Crippen molar-refractivity contribution in [2.24, 2.45) is 0 Å². The summed E-state index contributed by atoms with van der Waals surface area (Å²) in [7, 11) is 0. The molecule has 1 aromatic carbocycles. The zero-order valence-corrected chi connectivity index (χ0v) is 13.8. The van der Waals surface area contributed by atoms with Crippen molar-refractivity contribution < 1.29 is 9.90 Å². The molecule has 2 aliphatic rings. The second-order valence-corrected chi connectivity index (χ2v) is 6.84. The van der Waals surface area contributed by atoms with Crippen LogP contribution in [0.2, 0.25) is 0 Å². The number of piperidine rings is 1. The molecule has 2 amide bonds. The second kappa shape index (κ2) is 7.32. The smallest absolute Gasteiger partial charge is 0.319 e. The number of benzene rings is 1. The first-order valence-electron chi connectivity index (χ1n) is 8.68. The van der Waals surface area contributed by atoms with Gasteiger partial charge in [0.1, 0.15) is 0 Å². The third-order valence-corrected chi connectivity index (χ3v) is 5.05. The molecular formula is C18H27N3O2. The summed E-state index contributed by atoms with van der Waals surface area (Å²) in [4.78, 5) is 14.5. The number of nitrogens with zero attached hydrogens (tertiary/aromatic N) is 1. The van der Waals surface area contributed by atoms with E-state index >= 15 is 0 Å². The van der Waals surface area contributed by atoms with Crippen molar-refractivity contribution in [2.45, 2.75) is 57.2 Å². The molecule has 3 rings (SSSR count). The fraction of sp³-hybridized carbons (Fsp3) is 0.611. The highest BCUT2D eigenvalue weighted by molar-refractivity contribution is 5.89. The predicted octanol–water partition coefficient (Wildman–Crippen LogP) is 2.49. The summed E-state index contributed by atoms with van der Waals surface area (Å²) in [5, 5.41) is 16.0. The van der Waals surface area contributed by atoms with Crippen molar-refractivity contribution >= 4 is 11.7 Å². The van der Waals surface area contributed by atoms with Gasteiger partial charge >= 0.3 is 6.03 Å². The first-order chi connectivity index (χ1) is 11.1. The zero-order valence-electron chi connectivity index (χ0n) is 13.8. The molecule has 3 N–H and O–H groups in total. The van der Waals surface area contributed by atoms with Gasteiger partial charge < -0.3 is 15.7 Å². The molecule has 23 heavy (non-hydrogen) atoms. The van der Waals surface area contributed by atoms with E-state index in [9.17, 15) is 9.90 Å². The number of aryl methyl sites for hydroxylation is 1. The molecule has 0 aromatic heterocycles. The van der Waals surface area contributed by atoms with Crippen LogP contribution in [0, 0.1) is 6.92 Å². The largest absolute Gasteiger partial charge is 0.391 e. The van der Waals surface area contributed by atoms with Gasteiger partial charge in [0, 0.05) is 30.9 Å². The fourth-order valence-electron chi connectivity index (χ4n) is 3.80. The number of rotatable bonds is 3. The SMILES string of the molecule is Cc1cccc(NC(=O)NC2CCN(C3CCCC3O)CC2)c1. The van der Waals surface area contributed by atoms with Crippen LogP contribution in [0.15, 0.2) is 24.3 Å². The third-order valence-electron chi connectivity index (χ3n) is 5.05. The van der Waals surface area contributed by atoms with Crippen LogP contribution in [0.3, 0.4) is 0 Å². The molecule has 126 valence electrons. The highest BCUT2D eigenvalue weighted by atomic mass is 16.3. The van der Waals surface area contributed by atoms with E-state index in [-0.39, 0.29) is 18.2 Å². The summed E-state index contributed by atoms with van der Waals surface area (Å²) < 4.78 is 0. The second-order valence-electron chi connectivity index (χ2n) is 6.84. The van der Waals surface area contributed by atoms with Gasteiger partial charge in [0.05, 0.1) is 6.10 Å². The standard InChI is InChI=1S/C18H27N3O2/c1-13-4-2-5-15(12-13)20-18(23)19-14-8-10-21(11-9-14)16-6-3-7-17(16)22/h2,4-5,12,14,16-17,22H,3,6-11H2,1H3,(H2,19,20,23). The Kier molecular flexibility index (Phi) is 5.18. The van der Waals surface area contributed by atoms with Crippen molar-refractivity contribution in [3.05, 3.63) is 29.8 Å². The number of carbonyl (C=O) groups is 1. The van der Waals surface area contributed by atoms with Crippen LogP contribution in [0.1, 0.15) is 37.7 Å². The topological polar surface area (TPSA) is 64.6 Å². The summed E-state index contributed by atoms with van der Waals surface area (Å²) in [5.74, 6) is 0. The van der Waals surface area contributed by atoms with Gasteiger partial charge in [0.25, 0.3) is 0 Å². The van der Waals surface area contributed by atoms with E-state index in [0.717, 1.165) is 56.4 Å². The van der Waals surface area contributed by atoms with Gasteiger partial charge in [0.2, 0.25) is 0 Å². The number of anilines is 1. The molecule has 1 saturated carbocycles. The first-order valence-corrected chi connectivity index (χ1v) is 8.68. The summed E-state index contributed by atoms with van der Waals surface area (Å²) in [5.41, 5.74) is 1.96. The summed E-state index contributed by atoms with van der Waals surface area (Å²) in [6, 6.07) is 8.23. The van der Waals surface area contributed by atoms with E-state index in [1.807, 2.05) is 31.2 Å². The van der Waals surface area contributed by atoms with E-state index in [1.165, 1.54) is 0 Å². The molecule has 2 unspecified atom stereocenters. The van der Waals surface area contributed by atoms with Crippen LogP contribution in [0.4, 0.5) is 10.5 Å². The van der Waals surface area contributed by atoms with Crippen LogP contribution >= 0.6 is 0 Å². The molecule has 1 aliphatic carbocycles. The lowest BCUT2D eigenvalue weighted by Crippen LogP contribution is -2.50. The first kappa shape index (κ1) is 16.3. The van der Waals surface area contributed by atoms with E-state index in [1.54, 1.807) is 0 Å². The lowest BCUT2D eigenvalue weighted by Gasteiger charge is -2.37. The Hall–Kier alpha value is -1.59. The average molecular weight is 317 g/mol. The average Bonchev–Trinajstić information content (AvgIpc) is 2.94. The van der Waals surface area contributed by atoms with Gasteiger partial charge in [-0.05, 0) is 56.7 Å². The number of amides is 2. The van der Waals surface area contributed by atoms with Gasteiger partial charge in [-0.1, -0.05) is 12.1 Å². The minimum atomic E-state index is -0.163. The van der Waals surface area contributed by atoms with Crippen LogP contribution < -0.4 is 10.6 Å². The molecule has 0 bridgehead atoms. The number of aliphatic hydroxyl groups is 1. The highest BCUT2D eigenvalue weighted by Gasteiger charge is 2.33. The minimum absolute atomic E-state index is 0.130. The van der Waals surface area contributed by atoms with Crippen molar-refractivity contribution in [2.75, 3.05) is 18.4 Å². The van der Waals surface area contributed by atoms with E-state index in [4.69, 9.17) is 0 Å². The molecule has 5 heteroatoms. The lowest BCUT2D eigenvalue weighted by molar-refractivity contribution is 0.0537. The quantitative estimate of drug-likeness (QED) is 0.802.